The van der Waals surface area contributed by atoms with E-state index in [0.29, 0.717) is 21.4 Å². The minimum Gasteiger partial charge on any atom is -0.496 e. The smallest absolute Gasteiger partial charge is 0.273 e. The molecule has 0 aromatic heterocycles. The van der Waals surface area contributed by atoms with Gasteiger partial charge in [-0.3, -0.25) is 20.4 Å². The van der Waals surface area contributed by atoms with Crippen LogP contribution in [0.1, 0.15) is 20.7 Å². The van der Waals surface area contributed by atoms with Crippen LogP contribution in [0.15, 0.2) is 42.5 Å². The largest absolute Gasteiger partial charge is 0.496 e. The van der Waals surface area contributed by atoms with Gasteiger partial charge in [-0.05, 0) is 36.4 Å². The molecule has 5 nitrogen and oxygen atoms in total. The van der Waals surface area contributed by atoms with E-state index in [4.69, 9.17) is 27.9 Å². The van der Waals surface area contributed by atoms with Gasteiger partial charge in [0.2, 0.25) is 0 Å². The van der Waals surface area contributed by atoms with E-state index in [0.717, 1.165) is 0 Å². The molecule has 0 saturated heterocycles. The van der Waals surface area contributed by atoms with Crippen molar-refractivity contribution >= 4 is 35.0 Å². The Kier molecular flexibility index (Phi) is 5.25. The summed E-state index contributed by atoms with van der Waals surface area (Å²) in [7, 11) is 1.42. The summed E-state index contributed by atoms with van der Waals surface area (Å²) >= 11 is 11.6. The first-order chi connectivity index (χ1) is 10.5. The van der Waals surface area contributed by atoms with Crippen LogP contribution in [0.25, 0.3) is 0 Å². The topological polar surface area (TPSA) is 67.4 Å². The van der Waals surface area contributed by atoms with Gasteiger partial charge < -0.3 is 4.74 Å². The van der Waals surface area contributed by atoms with Crippen LogP contribution in [-0.2, 0) is 0 Å². The van der Waals surface area contributed by atoms with Gasteiger partial charge in [0.25, 0.3) is 11.8 Å². The third-order valence-electron chi connectivity index (χ3n) is 2.78. The second-order valence-electron chi connectivity index (χ2n) is 4.26. The van der Waals surface area contributed by atoms with E-state index in [1.807, 2.05) is 0 Å². The molecule has 0 bridgehead atoms. The van der Waals surface area contributed by atoms with Crippen molar-refractivity contribution in [1.82, 2.24) is 10.9 Å². The van der Waals surface area contributed by atoms with Crippen LogP contribution in [0.2, 0.25) is 10.0 Å². The highest BCUT2D eigenvalue weighted by molar-refractivity contribution is 6.31. The zero-order valence-corrected chi connectivity index (χ0v) is 13.0. The molecule has 114 valence electrons. The van der Waals surface area contributed by atoms with E-state index >= 15 is 0 Å². The van der Waals surface area contributed by atoms with E-state index < -0.39 is 11.8 Å². The van der Waals surface area contributed by atoms with Gasteiger partial charge in [0.15, 0.2) is 0 Å². The number of hydrogen-bond acceptors (Lipinski definition) is 3. The standard InChI is InChI=1S/C15H12Cl2N2O3/c1-22-13-8-11(17)5-6-12(13)15(21)19-18-14(20)9-3-2-4-10(16)7-9/h2-8H,1H3,(H,18,20)(H,19,21). The first kappa shape index (κ1) is 16.1. The minimum absolute atomic E-state index is 0.248. The summed E-state index contributed by atoms with van der Waals surface area (Å²) in [4.78, 5) is 24.0. The highest BCUT2D eigenvalue weighted by atomic mass is 35.5. The number of ether oxygens (including phenoxy) is 1. The maximum atomic E-state index is 12.1. The third-order valence-corrected chi connectivity index (χ3v) is 3.25. The third kappa shape index (κ3) is 3.90. The summed E-state index contributed by atoms with van der Waals surface area (Å²) in [5, 5.41) is 0.870. The molecule has 0 aliphatic rings. The number of carbonyl (C=O) groups is 2. The average molecular weight is 339 g/mol. The first-order valence-electron chi connectivity index (χ1n) is 6.21. The molecule has 7 heteroatoms. The number of benzene rings is 2. The Morgan fingerprint density at radius 2 is 1.64 bits per heavy atom. The fourth-order valence-electron chi connectivity index (χ4n) is 1.74. The Hall–Kier alpha value is -2.24. The molecular weight excluding hydrogens is 327 g/mol. The van der Waals surface area contributed by atoms with Gasteiger partial charge in [-0.2, -0.15) is 0 Å². The van der Waals surface area contributed by atoms with E-state index in [9.17, 15) is 9.59 Å². The van der Waals surface area contributed by atoms with Crippen molar-refractivity contribution in [3.8, 4) is 5.75 Å². The predicted octanol–water partition coefficient (Wildman–Crippen LogP) is 3.08. The molecule has 0 fully saturated rings. The van der Waals surface area contributed by atoms with Crippen LogP contribution in [-0.4, -0.2) is 18.9 Å². The molecule has 0 atom stereocenters. The van der Waals surface area contributed by atoms with Gasteiger partial charge in [0.1, 0.15) is 5.75 Å². The summed E-state index contributed by atoms with van der Waals surface area (Å²) in [6.45, 7) is 0. The Labute approximate surface area is 137 Å². The molecule has 22 heavy (non-hydrogen) atoms. The predicted molar refractivity (Wildman–Crippen MR) is 84.4 cm³/mol. The van der Waals surface area contributed by atoms with Crippen molar-refractivity contribution in [2.24, 2.45) is 0 Å². The highest BCUT2D eigenvalue weighted by Gasteiger charge is 2.14. The van der Waals surface area contributed by atoms with Crippen molar-refractivity contribution in [1.29, 1.82) is 0 Å². The summed E-state index contributed by atoms with van der Waals surface area (Å²) in [6.07, 6.45) is 0. The van der Waals surface area contributed by atoms with E-state index in [2.05, 4.69) is 10.9 Å². The number of amides is 2. The van der Waals surface area contributed by atoms with Gasteiger partial charge in [-0.1, -0.05) is 29.3 Å². The Morgan fingerprint density at radius 3 is 2.32 bits per heavy atom. The zero-order valence-electron chi connectivity index (χ0n) is 11.5. The Balaban J connectivity index is 2.05. The molecule has 2 amide bonds. The quantitative estimate of drug-likeness (QED) is 0.845. The summed E-state index contributed by atoms with van der Waals surface area (Å²) in [5.41, 5.74) is 5.19. The number of carbonyl (C=O) groups excluding carboxylic acids is 2. The lowest BCUT2D eigenvalue weighted by Gasteiger charge is -2.10. The van der Waals surface area contributed by atoms with Crippen molar-refractivity contribution in [3.05, 3.63) is 63.6 Å². The number of methoxy groups -OCH3 is 1. The molecule has 0 heterocycles. The average Bonchev–Trinajstić information content (AvgIpc) is 2.52. The van der Waals surface area contributed by atoms with Crippen LogP contribution in [0.4, 0.5) is 0 Å². The maximum absolute atomic E-state index is 12.1. The van der Waals surface area contributed by atoms with Gasteiger partial charge in [-0.15, -0.1) is 0 Å². The lowest BCUT2D eigenvalue weighted by Crippen LogP contribution is -2.41. The number of halogens is 2. The number of hydrogen-bond donors (Lipinski definition) is 2. The molecule has 0 unspecified atom stereocenters. The maximum Gasteiger partial charge on any atom is 0.273 e. The molecule has 0 radical (unpaired) electrons. The molecule has 2 aromatic rings. The van der Waals surface area contributed by atoms with Crippen molar-refractivity contribution in [2.75, 3.05) is 7.11 Å². The van der Waals surface area contributed by atoms with E-state index in [-0.39, 0.29) is 5.56 Å². The summed E-state index contributed by atoms with van der Waals surface area (Å²) < 4.78 is 5.08. The molecule has 0 aliphatic heterocycles. The van der Waals surface area contributed by atoms with Gasteiger partial charge >= 0.3 is 0 Å². The SMILES string of the molecule is COc1cc(Cl)ccc1C(=O)NNC(=O)c1cccc(Cl)c1. The second-order valence-corrected chi connectivity index (χ2v) is 5.14. The molecule has 2 aromatic carbocycles. The number of nitrogens with one attached hydrogen (secondary N) is 2. The van der Waals surface area contributed by atoms with Crippen molar-refractivity contribution < 1.29 is 14.3 Å². The van der Waals surface area contributed by atoms with E-state index in [1.165, 1.54) is 25.3 Å². The summed E-state index contributed by atoms with van der Waals surface area (Å²) in [6, 6.07) is 10.9. The normalized spacial score (nSPS) is 9.95. The van der Waals surface area contributed by atoms with Crippen LogP contribution in [0, 0.1) is 0 Å². The number of rotatable bonds is 3. The molecule has 2 N–H and O–H groups in total. The molecule has 0 aliphatic carbocycles. The highest BCUT2D eigenvalue weighted by Crippen LogP contribution is 2.22. The lowest BCUT2D eigenvalue weighted by atomic mass is 10.2. The molecule has 0 spiro atoms. The second kappa shape index (κ2) is 7.15. The minimum atomic E-state index is -0.524. The van der Waals surface area contributed by atoms with Crippen LogP contribution < -0.4 is 15.6 Å². The molecule has 2 rings (SSSR count). The zero-order chi connectivity index (χ0) is 16.1. The fourth-order valence-corrected chi connectivity index (χ4v) is 2.09. The Bertz CT molecular complexity index is 720. The lowest BCUT2D eigenvalue weighted by molar-refractivity contribution is 0.0845. The van der Waals surface area contributed by atoms with Gasteiger partial charge in [0.05, 0.1) is 12.7 Å². The number of hydrazine groups is 1. The Morgan fingerprint density at radius 1 is 0.955 bits per heavy atom. The van der Waals surface area contributed by atoms with Crippen LogP contribution in [0.5, 0.6) is 5.75 Å². The molecular formula is C15H12Cl2N2O3. The first-order valence-corrected chi connectivity index (χ1v) is 6.96. The van der Waals surface area contributed by atoms with Gasteiger partial charge in [-0.25, -0.2) is 0 Å². The monoisotopic (exact) mass is 338 g/mol. The van der Waals surface area contributed by atoms with E-state index in [1.54, 1.807) is 24.3 Å². The fraction of sp³-hybridized carbons (Fsp3) is 0.0667. The summed E-state index contributed by atoms with van der Waals surface area (Å²) in [5.74, 6) is -0.699. The van der Waals surface area contributed by atoms with Crippen LogP contribution in [0.3, 0.4) is 0 Å². The van der Waals surface area contributed by atoms with Crippen molar-refractivity contribution in [3.63, 3.8) is 0 Å². The molecule has 0 saturated carbocycles. The van der Waals surface area contributed by atoms with Crippen molar-refractivity contribution in [2.45, 2.75) is 0 Å². The van der Waals surface area contributed by atoms with Crippen LogP contribution >= 0.6 is 23.2 Å². The van der Waals surface area contributed by atoms with Gasteiger partial charge in [0, 0.05) is 15.6 Å².